The zero-order chi connectivity index (χ0) is 15.5. The Morgan fingerprint density at radius 2 is 1.62 bits per heavy atom. The van der Waals surface area contributed by atoms with Crippen molar-refractivity contribution >= 4 is 50.7 Å². The van der Waals surface area contributed by atoms with Crippen LogP contribution in [0.25, 0.3) is 0 Å². The van der Waals surface area contributed by atoms with Gasteiger partial charge in [0.15, 0.2) is 0 Å². The van der Waals surface area contributed by atoms with Crippen molar-refractivity contribution in [2.24, 2.45) is 0 Å². The largest absolute Gasteiger partial charge is 0.126 e. The van der Waals surface area contributed by atoms with Crippen LogP contribution in [-0.4, -0.2) is 11.8 Å². The van der Waals surface area contributed by atoms with E-state index in [9.17, 15) is 0 Å². The Morgan fingerprint density at radius 3 is 2.14 bits per heavy atom. The highest BCUT2D eigenvalue weighted by molar-refractivity contribution is 9.10. The molecule has 0 saturated carbocycles. The van der Waals surface area contributed by atoms with Gasteiger partial charge in [-0.1, -0.05) is 51.8 Å². The van der Waals surface area contributed by atoms with E-state index in [2.05, 4.69) is 40.2 Å². The van der Waals surface area contributed by atoms with Crippen molar-refractivity contribution in [1.82, 2.24) is 0 Å². The SMILES string of the molecule is Cc1ccc(CC(CCl)(CCl)c2ccc(Br)cc2)c(Cl)c1. The van der Waals surface area contributed by atoms with Crippen molar-refractivity contribution in [3.63, 3.8) is 0 Å². The average Bonchev–Trinajstić information content (AvgIpc) is 2.48. The molecule has 0 spiro atoms. The van der Waals surface area contributed by atoms with Crippen molar-refractivity contribution in [2.75, 3.05) is 11.8 Å². The molecular weight excluding hydrogens is 390 g/mol. The molecule has 0 unspecified atom stereocenters. The number of alkyl halides is 2. The molecule has 0 aliphatic rings. The molecule has 0 radical (unpaired) electrons. The van der Waals surface area contributed by atoms with E-state index >= 15 is 0 Å². The van der Waals surface area contributed by atoms with Gasteiger partial charge in [0, 0.05) is 26.7 Å². The number of benzene rings is 2. The van der Waals surface area contributed by atoms with Gasteiger partial charge in [-0.3, -0.25) is 0 Å². The normalized spacial score (nSPS) is 11.7. The summed E-state index contributed by atoms with van der Waals surface area (Å²) in [6, 6.07) is 14.3. The molecule has 2 aromatic rings. The van der Waals surface area contributed by atoms with Gasteiger partial charge in [0.05, 0.1) is 0 Å². The van der Waals surface area contributed by atoms with Crippen molar-refractivity contribution in [3.8, 4) is 0 Å². The Kier molecular flexibility index (Phi) is 6.02. The first-order valence-corrected chi connectivity index (χ1v) is 8.88. The van der Waals surface area contributed by atoms with Crippen LogP contribution in [0.4, 0.5) is 0 Å². The minimum absolute atomic E-state index is 0.317. The van der Waals surface area contributed by atoms with E-state index in [4.69, 9.17) is 34.8 Å². The summed E-state index contributed by atoms with van der Waals surface area (Å²) in [7, 11) is 0. The lowest BCUT2D eigenvalue weighted by Gasteiger charge is -2.31. The molecule has 0 fully saturated rings. The number of rotatable bonds is 5. The second kappa shape index (κ2) is 7.37. The smallest absolute Gasteiger partial charge is 0.0440 e. The molecule has 0 saturated heterocycles. The first-order valence-electron chi connectivity index (χ1n) is 6.64. The molecule has 0 nitrogen and oxygen atoms in total. The van der Waals surface area contributed by atoms with Crippen LogP contribution in [0.3, 0.4) is 0 Å². The van der Waals surface area contributed by atoms with E-state index in [1.54, 1.807) is 0 Å². The Labute approximate surface area is 149 Å². The van der Waals surface area contributed by atoms with E-state index in [0.717, 1.165) is 32.6 Å². The lowest BCUT2D eigenvalue weighted by atomic mass is 9.78. The molecule has 0 amide bonds. The molecule has 0 aliphatic carbocycles. The molecule has 0 heterocycles. The molecule has 2 rings (SSSR count). The molecule has 0 atom stereocenters. The third kappa shape index (κ3) is 3.96. The topological polar surface area (TPSA) is 0 Å². The maximum atomic E-state index is 6.37. The predicted molar refractivity (Wildman–Crippen MR) is 97.2 cm³/mol. The molecule has 0 aromatic heterocycles. The number of aryl methyl sites for hydroxylation is 1. The van der Waals surface area contributed by atoms with Gasteiger partial charge in [0.1, 0.15) is 0 Å². The highest BCUT2D eigenvalue weighted by atomic mass is 79.9. The van der Waals surface area contributed by atoms with Crippen LogP contribution in [0.2, 0.25) is 5.02 Å². The first-order chi connectivity index (χ1) is 10.0. The second-order valence-electron chi connectivity index (χ2n) is 5.33. The zero-order valence-electron chi connectivity index (χ0n) is 11.7. The first kappa shape index (κ1) is 17.1. The molecular formula is C17H16BrCl3. The number of hydrogen-bond acceptors (Lipinski definition) is 0. The van der Waals surface area contributed by atoms with Crippen molar-refractivity contribution < 1.29 is 0 Å². The van der Waals surface area contributed by atoms with Crippen molar-refractivity contribution in [1.29, 1.82) is 0 Å². The second-order valence-corrected chi connectivity index (χ2v) is 7.18. The van der Waals surface area contributed by atoms with E-state index in [1.165, 1.54) is 0 Å². The monoisotopic (exact) mass is 404 g/mol. The predicted octanol–water partition coefficient (Wildman–Crippen LogP) is 6.37. The summed E-state index contributed by atoms with van der Waals surface area (Å²) in [6.45, 7) is 2.03. The van der Waals surface area contributed by atoms with Gasteiger partial charge >= 0.3 is 0 Å². The Hall–Kier alpha value is -0.210. The molecule has 4 heteroatoms. The highest BCUT2D eigenvalue weighted by Gasteiger charge is 2.31. The van der Waals surface area contributed by atoms with E-state index in [1.807, 2.05) is 25.1 Å². The summed E-state index contributed by atoms with van der Waals surface area (Å²) in [5.41, 5.74) is 3.04. The van der Waals surface area contributed by atoms with Crippen LogP contribution < -0.4 is 0 Å². The standard InChI is InChI=1S/C17H16BrCl3/c1-12-2-3-13(16(21)8-12)9-17(10-19,11-20)14-4-6-15(18)7-5-14/h2-8H,9-11H2,1H3. The Bertz CT molecular complexity index is 604. The molecule has 0 N–H and O–H groups in total. The van der Waals surface area contributed by atoms with Gasteiger partial charge in [-0.05, 0) is 48.2 Å². The molecule has 0 aliphatic heterocycles. The summed E-state index contributed by atoms with van der Waals surface area (Å²) in [5.74, 6) is 0.894. The van der Waals surface area contributed by atoms with Crippen LogP contribution >= 0.6 is 50.7 Å². The van der Waals surface area contributed by atoms with Crippen molar-refractivity contribution in [2.45, 2.75) is 18.8 Å². The Balaban J connectivity index is 2.40. The molecule has 0 bridgehead atoms. The van der Waals surface area contributed by atoms with Crippen LogP contribution in [0.15, 0.2) is 46.9 Å². The lowest BCUT2D eigenvalue weighted by molar-refractivity contribution is 0.536. The molecule has 2 aromatic carbocycles. The summed E-state index contributed by atoms with van der Waals surface area (Å²) >= 11 is 22.4. The van der Waals surface area contributed by atoms with Gasteiger partial charge in [0.2, 0.25) is 0 Å². The van der Waals surface area contributed by atoms with Crippen molar-refractivity contribution in [3.05, 3.63) is 68.7 Å². The van der Waals surface area contributed by atoms with E-state index in [-0.39, 0.29) is 5.41 Å². The van der Waals surface area contributed by atoms with Gasteiger partial charge < -0.3 is 0 Å². The van der Waals surface area contributed by atoms with Crippen LogP contribution in [0.5, 0.6) is 0 Å². The minimum Gasteiger partial charge on any atom is -0.126 e. The van der Waals surface area contributed by atoms with Crippen LogP contribution in [0.1, 0.15) is 16.7 Å². The Morgan fingerprint density at radius 1 is 1.00 bits per heavy atom. The quantitative estimate of drug-likeness (QED) is 0.506. The average molecular weight is 407 g/mol. The summed E-state index contributed by atoms with van der Waals surface area (Å²) in [5, 5.41) is 0.770. The summed E-state index contributed by atoms with van der Waals surface area (Å²) in [6.07, 6.45) is 0.723. The van der Waals surface area contributed by atoms with E-state index in [0.29, 0.717) is 11.8 Å². The highest BCUT2D eigenvalue weighted by Crippen LogP contribution is 2.34. The zero-order valence-corrected chi connectivity index (χ0v) is 15.5. The molecule has 112 valence electrons. The third-order valence-electron chi connectivity index (χ3n) is 3.71. The minimum atomic E-state index is -0.317. The maximum Gasteiger partial charge on any atom is 0.0440 e. The van der Waals surface area contributed by atoms with Gasteiger partial charge in [-0.15, -0.1) is 23.2 Å². The van der Waals surface area contributed by atoms with Gasteiger partial charge in [-0.25, -0.2) is 0 Å². The third-order valence-corrected chi connectivity index (χ3v) is 5.61. The van der Waals surface area contributed by atoms with Gasteiger partial charge in [-0.2, -0.15) is 0 Å². The fourth-order valence-electron chi connectivity index (χ4n) is 2.35. The van der Waals surface area contributed by atoms with Gasteiger partial charge in [0.25, 0.3) is 0 Å². The summed E-state index contributed by atoms with van der Waals surface area (Å²) < 4.78 is 1.04. The lowest BCUT2D eigenvalue weighted by Crippen LogP contribution is -2.33. The van der Waals surface area contributed by atoms with Crippen LogP contribution in [-0.2, 0) is 11.8 Å². The fourth-order valence-corrected chi connectivity index (χ4v) is 3.70. The maximum absolute atomic E-state index is 6.37. The molecule has 21 heavy (non-hydrogen) atoms. The van der Waals surface area contributed by atoms with Crippen LogP contribution in [0, 0.1) is 6.92 Å². The fraction of sp³-hybridized carbons (Fsp3) is 0.294. The van der Waals surface area contributed by atoms with E-state index < -0.39 is 0 Å². The summed E-state index contributed by atoms with van der Waals surface area (Å²) in [4.78, 5) is 0. The number of hydrogen-bond donors (Lipinski definition) is 0. The number of halogens is 4.